The molecule has 1 aliphatic carbocycles. The van der Waals surface area contributed by atoms with Crippen LogP contribution in [0.25, 0.3) is 10.6 Å². The summed E-state index contributed by atoms with van der Waals surface area (Å²) in [6, 6.07) is 11.1. The van der Waals surface area contributed by atoms with Gasteiger partial charge in [-0.1, -0.05) is 30.3 Å². The van der Waals surface area contributed by atoms with Crippen LogP contribution in [0.3, 0.4) is 0 Å². The van der Waals surface area contributed by atoms with Crippen molar-refractivity contribution in [1.29, 1.82) is 0 Å². The zero-order valence-corrected chi connectivity index (χ0v) is 13.2. The Morgan fingerprint density at radius 2 is 2.05 bits per heavy atom. The predicted molar refractivity (Wildman–Crippen MR) is 88.0 cm³/mol. The molecular weight excluding hydrogens is 294 g/mol. The summed E-state index contributed by atoms with van der Waals surface area (Å²) in [6.45, 7) is 2.11. The molecule has 4 rings (SSSR count). The molecular formula is C17H19N3OS. The molecule has 5 heteroatoms. The predicted octanol–water partition coefficient (Wildman–Crippen LogP) is 2.78. The molecule has 22 heavy (non-hydrogen) atoms. The fraction of sp³-hybridized carbons (Fsp3) is 0.412. The molecule has 2 aliphatic rings. The lowest BCUT2D eigenvalue weighted by Crippen LogP contribution is -2.37. The maximum Gasteiger partial charge on any atom is 0.271 e. The van der Waals surface area contributed by atoms with Gasteiger partial charge >= 0.3 is 0 Å². The summed E-state index contributed by atoms with van der Waals surface area (Å²) in [7, 11) is 0. The smallest absolute Gasteiger partial charge is 0.271 e. The van der Waals surface area contributed by atoms with Crippen LogP contribution in [0.1, 0.15) is 29.8 Å². The number of carbonyl (C=O) groups excluding carboxylic acids is 1. The van der Waals surface area contributed by atoms with Crippen LogP contribution in [0.4, 0.5) is 0 Å². The monoisotopic (exact) mass is 313 g/mol. The number of aromatic nitrogens is 1. The molecule has 1 unspecified atom stereocenters. The molecule has 1 saturated heterocycles. The number of likely N-dealkylation sites (tertiary alicyclic amines) is 1. The molecule has 0 spiro atoms. The highest BCUT2D eigenvalue weighted by atomic mass is 32.1. The van der Waals surface area contributed by atoms with Crippen LogP contribution in [0.15, 0.2) is 35.7 Å². The SMILES string of the molecule is O=C(NC1CCN(C2CC2)C1)c1csc(-c2ccccc2)n1. The van der Waals surface area contributed by atoms with E-state index in [0.717, 1.165) is 36.1 Å². The third-order valence-corrected chi connectivity index (χ3v) is 5.27. The van der Waals surface area contributed by atoms with E-state index in [-0.39, 0.29) is 11.9 Å². The van der Waals surface area contributed by atoms with Crippen LogP contribution < -0.4 is 5.32 Å². The molecule has 1 aromatic carbocycles. The van der Waals surface area contributed by atoms with Gasteiger partial charge in [0.15, 0.2) is 0 Å². The van der Waals surface area contributed by atoms with Crippen LogP contribution in [-0.4, -0.2) is 41.0 Å². The minimum absolute atomic E-state index is 0.0407. The quantitative estimate of drug-likeness (QED) is 0.944. The zero-order chi connectivity index (χ0) is 14.9. The maximum atomic E-state index is 12.4. The van der Waals surface area contributed by atoms with Gasteiger partial charge in [-0.2, -0.15) is 0 Å². The molecule has 1 aliphatic heterocycles. The van der Waals surface area contributed by atoms with Crippen molar-refractivity contribution in [2.75, 3.05) is 13.1 Å². The Hall–Kier alpha value is -1.72. The molecule has 2 aromatic rings. The molecule has 2 heterocycles. The van der Waals surface area contributed by atoms with Crippen molar-refractivity contribution >= 4 is 17.2 Å². The van der Waals surface area contributed by atoms with Crippen molar-refractivity contribution in [3.8, 4) is 10.6 Å². The zero-order valence-electron chi connectivity index (χ0n) is 12.4. The molecule has 1 aromatic heterocycles. The molecule has 1 N–H and O–H groups in total. The van der Waals surface area contributed by atoms with E-state index in [9.17, 15) is 4.79 Å². The van der Waals surface area contributed by atoms with Crippen molar-refractivity contribution in [2.45, 2.75) is 31.3 Å². The van der Waals surface area contributed by atoms with E-state index in [1.165, 1.54) is 24.2 Å². The fourth-order valence-electron chi connectivity index (χ4n) is 3.03. The highest BCUT2D eigenvalue weighted by molar-refractivity contribution is 7.13. The molecule has 4 nitrogen and oxygen atoms in total. The topological polar surface area (TPSA) is 45.2 Å². The summed E-state index contributed by atoms with van der Waals surface area (Å²) in [5, 5.41) is 5.89. The third-order valence-electron chi connectivity index (χ3n) is 4.38. The second-order valence-electron chi connectivity index (χ2n) is 6.09. The Morgan fingerprint density at radius 1 is 1.23 bits per heavy atom. The van der Waals surface area contributed by atoms with E-state index in [2.05, 4.69) is 15.2 Å². The van der Waals surface area contributed by atoms with Crippen LogP contribution in [0.2, 0.25) is 0 Å². The Balaban J connectivity index is 1.40. The summed E-state index contributed by atoms with van der Waals surface area (Å²) in [5.41, 5.74) is 1.60. The number of rotatable bonds is 4. The minimum atomic E-state index is -0.0407. The van der Waals surface area contributed by atoms with E-state index in [1.807, 2.05) is 35.7 Å². The lowest BCUT2D eigenvalue weighted by Gasteiger charge is -2.15. The van der Waals surface area contributed by atoms with Gasteiger partial charge in [0.2, 0.25) is 0 Å². The van der Waals surface area contributed by atoms with E-state index in [0.29, 0.717) is 5.69 Å². The molecule has 0 bridgehead atoms. The normalized spacial score (nSPS) is 21.9. The molecule has 1 amide bonds. The van der Waals surface area contributed by atoms with Gasteiger partial charge in [0.25, 0.3) is 5.91 Å². The molecule has 114 valence electrons. The highest BCUT2D eigenvalue weighted by Crippen LogP contribution is 2.30. The van der Waals surface area contributed by atoms with E-state index < -0.39 is 0 Å². The first-order valence-corrected chi connectivity index (χ1v) is 8.73. The summed E-state index contributed by atoms with van der Waals surface area (Å²) < 4.78 is 0. The van der Waals surface area contributed by atoms with E-state index in [4.69, 9.17) is 0 Å². The Morgan fingerprint density at radius 3 is 2.82 bits per heavy atom. The number of amides is 1. The van der Waals surface area contributed by atoms with Gasteiger partial charge in [-0.15, -0.1) is 11.3 Å². The highest BCUT2D eigenvalue weighted by Gasteiger charge is 2.34. The number of carbonyl (C=O) groups is 1. The summed E-state index contributed by atoms with van der Waals surface area (Å²) in [4.78, 5) is 19.3. The lowest BCUT2D eigenvalue weighted by molar-refractivity contribution is 0.0933. The second kappa shape index (κ2) is 5.82. The third kappa shape index (κ3) is 2.91. The Kier molecular flexibility index (Phi) is 3.68. The van der Waals surface area contributed by atoms with Gasteiger partial charge in [-0.3, -0.25) is 9.69 Å². The van der Waals surface area contributed by atoms with Crippen LogP contribution >= 0.6 is 11.3 Å². The summed E-state index contributed by atoms with van der Waals surface area (Å²) in [6.07, 6.45) is 3.71. The van der Waals surface area contributed by atoms with Gasteiger partial charge in [0.1, 0.15) is 10.7 Å². The fourth-order valence-corrected chi connectivity index (χ4v) is 3.83. The number of hydrogen-bond acceptors (Lipinski definition) is 4. The van der Waals surface area contributed by atoms with Crippen molar-refractivity contribution in [3.05, 3.63) is 41.4 Å². The average molecular weight is 313 g/mol. The van der Waals surface area contributed by atoms with Crippen molar-refractivity contribution in [3.63, 3.8) is 0 Å². The number of nitrogens with one attached hydrogen (secondary N) is 1. The van der Waals surface area contributed by atoms with Crippen LogP contribution in [0.5, 0.6) is 0 Å². The first-order valence-electron chi connectivity index (χ1n) is 7.85. The number of nitrogens with zero attached hydrogens (tertiary/aromatic N) is 2. The standard InChI is InChI=1S/C17H19N3OS/c21-16(18-13-8-9-20(10-13)14-6-7-14)15-11-22-17(19-15)12-4-2-1-3-5-12/h1-5,11,13-14H,6-10H2,(H,18,21). The molecule has 1 saturated carbocycles. The Labute approximate surface area is 134 Å². The lowest BCUT2D eigenvalue weighted by atomic mass is 10.2. The summed E-state index contributed by atoms with van der Waals surface area (Å²) >= 11 is 1.52. The maximum absolute atomic E-state index is 12.4. The van der Waals surface area contributed by atoms with Crippen molar-refractivity contribution in [1.82, 2.24) is 15.2 Å². The van der Waals surface area contributed by atoms with Crippen molar-refractivity contribution in [2.24, 2.45) is 0 Å². The van der Waals surface area contributed by atoms with Gasteiger partial charge in [-0.25, -0.2) is 4.98 Å². The number of benzene rings is 1. The van der Waals surface area contributed by atoms with Gasteiger partial charge < -0.3 is 5.32 Å². The van der Waals surface area contributed by atoms with E-state index in [1.54, 1.807) is 0 Å². The van der Waals surface area contributed by atoms with Crippen molar-refractivity contribution < 1.29 is 4.79 Å². The number of hydrogen-bond donors (Lipinski definition) is 1. The largest absolute Gasteiger partial charge is 0.347 e. The van der Waals surface area contributed by atoms with E-state index >= 15 is 0 Å². The minimum Gasteiger partial charge on any atom is -0.347 e. The molecule has 2 fully saturated rings. The Bertz CT molecular complexity index is 666. The average Bonchev–Trinajstić information content (AvgIpc) is 3.10. The van der Waals surface area contributed by atoms with Gasteiger partial charge in [-0.05, 0) is 19.3 Å². The van der Waals surface area contributed by atoms with Gasteiger partial charge in [0, 0.05) is 36.1 Å². The van der Waals surface area contributed by atoms with Crippen LogP contribution in [-0.2, 0) is 0 Å². The van der Waals surface area contributed by atoms with Gasteiger partial charge in [0.05, 0.1) is 0 Å². The number of thiazole rings is 1. The summed E-state index contributed by atoms with van der Waals surface area (Å²) in [5.74, 6) is -0.0407. The molecule has 0 radical (unpaired) electrons. The second-order valence-corrected chi connectivity index (χ2v) is 6.95. The van der Waals surface area contributed by atoms with Crippen LogP contribution in [0, 0.1) is 0 Å². The first-order chi connectivity index (χ1) is 10.8. The molecule has 1 atom stereocenters. The first kappa shape index (κ1) is 13.9.